The van der Waals surface area contributed by atoms with Crippen molar-refractivity contribution in [1.82, 2.24) is 15.1 Å². The Hall–Kier alpha value is -2.20. The monoisotopic (exact) mass is 467 g/mol. The summed E-state index contributed by atoms with van der Waals surface area (Å²) in [6.45, 7) is 2.63. The fourth-order valence-corrected chi connectivity index (χ4v) is 6.41. The van der Waals surface area contributed by atoms with Crippen LogP contribution in [-0.4, -0.2) is 81.3 Å². The number of ether oxygens (including phenoxy) is 1. The number of carbonyl (C=O) groups excluding carboxylic acids is 2. The van der Waals surface area contributed by atoms with Crippen LogP contribution < -0.4 is 5.32 Å². The van der Waals surface area contributed by atoms with E-state index in [1.54, 1.807) is 11.0 Å². The largest absolute Gasteiger partial charge is 0.366 e. The summed E-state index contributed by atoms with van der Waals surface area (Å²) in [7, 11) is -3.42. The van der Waals surface area contributed by atoms with E-state index >= 15 is 0 Å². The summed E-state index contributed by atoms with van der Waals surface area (Å²) in [6.07, 6.45) is 4.25. The fourth-order valence-electron chi connectivity index (χ4n) is 5.77. The third-order valence-electron chi connectivity index (χ3n) is 7.32. The highest BCUT2D eigenvalue weighted by Crippen LogP contribution is 2.53. The van der Waals surface area contributed by atoms with Crippen molar-refractivity contribution in [2.45, 2.75) is 42.7 Å². The Bertz CT molecular complexity index is 1050. The number of carbonyl (C=O) groups is 2. The zero-order valence-corrected chi connectivity index (χ0v) is 18.9. The SMILES string of the molecule is CS(=O)(=O)c1ccc(CC2CC3(C2)CN(C(=O)N2CC[C@@H]4OCC(=O)N[C@@H]4C2)C3)c(F)c1.[HH]. The minimum atomic E-state index is -3.42. The second-order valence-electron chi connectivity index (χ2n) is 9.90. The van der Waals surface area contributed by atoms with Gasteiger partial charge in [0, 0.05) is 39.3 Å². The Morgan fingerprint density at radius 3 is 2.75 bits per heavy atom. The molecule has 8 nitrogen and oxygen atoms in total. The van der Waals surface area contributed by atoms with Crippen LogP contribution in [0.25, 0.3) is 0 Å². The molecule has 5 rings (SSSR count). The number of hydrogen-bond donors (Lipinski definition) is 1. The summed E-state index contributed by atoms with van der Waals surface area (Å²) in [6, 6.07) is 4.02. The van der Waals surface area contributed by atoms with E-state index in [4.69, 9.17) is 4.74 Å². The number of sulfone groups is 1. The highest BCUT2D eigenvalue weighted by atomic mass is 32.2. The number of urea groups is 1. The summed E-state index contributed by atoms with van der Waals surface area (Å²) in [5.74, 6) is -0.260. The van der Waals surface area contributed by atoms with E-state index in [1.807, 2.05) is 4.90 Å². The van der Waals surface area contributed by atoms with Crippen molar-refractivity contribution in [2.24, 2.45) is 11.3 Å². The minimum absolute atomic E-state index is 0. The molecule has 176 valence electrons. The van der Waals surface area contributed by atoms with Crippen LogP contribution in [0.2, 0.25) is 0 Å². The molecule has 3 amide bonds. The molecule has 1 aliphatic carbocycles. The summed E-state index contributed by atoms with van der Waals surface area (Å²) < 4.78 is 43.1. The molecule has 1 aromatic carbocycles. The first-order chi connectivity index (χ1) is 15.1. The average molecular weight is 468 g/mol. The van der Waals surface area contributed by atoms with Crippen LogP contribution in [0, 0.1) is 17.2 Å². The highest BCUT2D eigenvalue weighted by molar-refractivity contribution is 7.90. The van der Waals surface area contributed by atoms with Gasteiger partial charge in [-0.25, -0.2) is 17.6 Å². The lowest BCUT2D eigenvalue weighted by molar-refractivity contribution is -0.140. The Morgan fingerprint density at radius 2 is 2.06 bits per heavy atom. The number of morpholine rings is 1. The van der Waals surface area contributed by atoms with E-state index in [-0.39, 0.29) is 42.4 Å². The molecule has 3 aliphatic heterocycles. The second kappa shape index (κ2) is 7.69. The quantitative estimate of drug-likeness (QED) is 0.726. The predicted molar refractivity (Wildman–Crippen MR) is 115 cm³/mol. The zero-order chi connectivity index (χ0) is 22.7. The molecule has 10 heteroatoms. The smallest absolute Gasteiger partial charge is 0.320 e. The van der Waals surface area contributed by atoms with Crippen LogP contribution in [0.5, 0.6) is 0 Å². The van der Waals surface area contributed by atoms with Crippen molar-refractivity contribution in [3.05, 3.63) is 29.6 Å². The van der Waals surface area contributed by atoms with Crippen LogP contribution in [0.1, 0.15) is 26.3 Å². The van der Waals surface area contributed by atoms with Crippen LogP contribution in [0.15, 0.2) is 23.1 Å². The van der Waals surface area contributed by atoms with Gasteiger partial charge in [-0.2, -0.15) is 0 Å². The normalized spacial score (nSPS) is 27.4. The number of nitrogens with zero attached hydrogens (tertiary/aromatic N) is 2. The van der Waals surface area contributed by atoms with Gasteiger partial charge in [0.1, 0.15) is 12.4 Å². The molecule has 3 saturated heterocycles. The van der Waals surface area contributed by atoms with Gasteiger partial charge >= 0.3 is 6.03 Å². The second-order valence-corrected chi connectivity index (χ2v) is 11.9. The molecule has 4 aliphatic rings. The molecule has 1 N–H and O–H groups in total. The summed E-state index contributed by atoms with van der Waals surface area (Å²) in [5.41, 5.74) is 0.674. The lowest BCUT2D eigenvalue weighted by Crippen LogP contribution is -2.68. The van der Waals surface area contributed by atoms with E-state index in [2.05, 4.69) is 5.32 Å². The number of amides is 3. The molecule has 0 bridgehead atoms. The van der Waals surface area contributed by atoms with Crippen molar-refractivity contribution in [1.29, 1.82) is 0 Å². The molecule has 0 aromatic heterocycles. The lowest BCUT2D eigenvalue weighted by atomic mass is 9.56. The number of rotatable bonds is 3. The minimum Gasteiger partial charge on any atom is -0.366 e. The number of fused-ring (bicyclic) bond motifs is 1. The van der Waals surface area contributed by atoms with Crippen molar-refractivity contribution < 1.29 is 28.6 Å². The molecule has 4 fully saturated rings. The van der Waals surface area contributed by atoms with Gasteiger partial charge in [-0.1, -0.05) is 6.07 Å². The van der Waals surface area contributed by atoms with Crippen LogP contribution in [0.3, 0.4) is 0 Å². The summed E-state index contributed by atoms with van der Waals surface area (Å²) in [4.78, 5) is 28.1. The van der Waals surface area contributed by atoms with E-state index < -0.39 is 15.7 Å². The van der Waals surface area contributed by atoms with E-state index in [0.717, 1.165) is 31.6 Å². The first kappa shape index (κ1) is 21.6. The first-order valence-corrected chi connectivity index (χ1v) is 12.9. The van der Waals surface area contributed by atoms with Crippen molar-refractivity contribution in [3.63, 3.8) is 0 Å². The van der Waals surface area contributed by atoms with E-state index in [1.165, 1.54) is 6.07 Å². The topological polar surface area (TPSA) is 96.0 Å². The Labute approximate surface area is 188 Å². The van der Waals surface area contributed by atoms with Crippen molar-refractivity contribution in [2.75, 3.05) is 39.0 Å². The van der Waals surface area contributed by atoms with Crippen LogP contribution in [0.4, 0.5) is 9.18 Å². The lowest BCUT2D eigenvalue weighted by Gasteiger charge is -2.60. The number of hydrogen-bond acceptors (Lipinski definition) is 5. The molecule has 2 atom stereocenters. The third-order valence-corrected chi connectivity index (χ3v) is 8.43. The zero-order valence-electron chi connectivity index (χ0n) is 18.0. The molecular weight excluding hydrogens is 437 g/mol. The Balaban J connectivity index is 0.00000259. The molecule has 0 radical (unpaired) electrons. The molecule has 1 aromatic rings. The van der Waals surface area contributed by atoms with Gasteiger partial charge in [0.15, 0.2) is 9.84 Å². The van der Waals surface area contributed by atoms with Gasteiger partial charge in [0.05, 0.1) is 17.0 Å². The van der Waals surface area contributed by atoms with E-state index in [0.29, 0.717) is 44.1 Å². The van der Waals surface area contributed by atoms with Crippen LogP contribution >= 0.6 is 0 Å². The van der Waals surface area contributed by atoms with Gasteiger partial charge < -0.3 is 19.9 Å². The average Bonchev–Trinajstić information content (AvgIpc) is 2.68. The summed E-state index contributed by atoms with van der Waals surface area (Å²) in [5, 5.41) is 2.92. The maximum Gasteiger partial charge on any atom is 0.320 e. The Morgan fingerprint density at radius 1 is 1.31 bits per heavy atom. The third kappa shape index (κ3) is 3.98. The predicted octanol–water partition coefficient (Wildman–Crippen LogP) is 1.44. The maximum atomic E-state index is 14.3. The molecule has 32 heavy (non-hydrogen) atoms. The van der Waals surface area contributed by atoms with Crippen LogP contribution in [-0.2, 0) is 25.8 Å². The molecule has 3 heterocycles. The number of halogens is 1. The van der Waals surface area contributed by atoms with Gasteiger partial charge in [-0.15, -0.1) is 0 Å². The molecular formula is C22H30FN3O5S. The number of likely N-dealkylation sites (tertiary alicyclic amines) is 2. The fraction of sp³-hybridized carbons (Fsp3) is 0.636. The molecule has 1 saturated carbocycles. The number of piperidine rings is 1. The van der Waals surface area contributed by atoms with Crippen molar-refractivity contribution >= 4 is 21.8 Å². The molecule has 1 spiro atoms. The number of benzene rings is 1. The maximum absolute atomic E-state index is 14.3. The van der Waals surface area contributed by atoms with E-state index in [9.17, 15) is 22.4 Å². The number of nitrogens with one attached hydrogen (secondary N) is 1. The van der Waals surface area contributed by atoms with Gasteiger partial charge in [-0.3, -0.25) is 4.79 Å². The summed E-state index contributed by atoms with van der Waals surface area (Å²) >= 11 is 0. The van der Waals surface area contributed by atoms with Crippen molar-refractivity contribution in [3.8, 4) is 0 Å². The van der Waals surface area contributed by atoms with Gasteiger partial charge in [0.2, 0.25) is 5.91 Å². The highest BCUT2D eigenvalue weighted by Gasteiger charge is 2.54. The first-order valence-electron chi connectivity index (χ1n) is 11.1. The molecule has 0 unspecified atom stereocenters. The van der Waals surface area contributed by atoms with Gasteiger partial charge in [-0.05, 0) is 49.3 Å². The Kier molecular flexibility index (Phi) is 5.20. The van der Waals surface area contributed by atoms with Gasteiger partial charge in [0.25, 0.3) is 0 Å². The standard InChI is InChI=1S/C22H28FN3O5S.H2/c1-32(29,30)16-3-2-15(17(23)7-16)6-14-8-22(9-14)12-26(13-22)21(28)25-5-4-19-18(10-25)24-20(27)11-31-19;/h2-3,7,14,18-19H,4-6,8-13H2,1H3,(H,24,27);1H/t18-,19+;/m1./s1.